The van der Waals surface area contributed by atoms with Gasteiger partial charge >= 0.3 is 6.18 Å². The fourth-order valence-corrected chi connectivity index (χ4v) is 2.67. The molecular formula is C12H15F3N4S. The number of anilines is 1. The van der Waals surface area contributed by atoms with Gasteiger partial charge in [0.2, 0.25) is 0 Å². The van der Waals surface area contributed by atoms with Crippen LogP contribution in [0.2, 0.25) is 0 Å². The highest BCUT2D eigenvalue weighted by Gasteiger charge is 2.33. The third kappa shape index (κ3) is 3.12. The number of hydrogen-bond acceptors (Lipinski definition) is 4. The molecule has 0 radical (unpaired) electrons. The molecule has 2 rings (SSSR count). The fourth-order valence-electron chi connectivity index (χ4n) is 1.96. The molecule has 0 bridgehead atoms. The molecule has 2 aromatic heterocycles. The van der Waals surface area contributed by atoms with Gasteiger partial charge < -0.3 is 5.32 Å². The summed E-state index contributed by atoms with van der Waals surface area (Å²) in [4.78, 5) is 3.04. The number of thiazole rings is 1. The Morgan fingerprint density at radius 3 is 2.55 bits per heavy atom. The van der Waals surface area contributed by atoms with Crippen LogP contribution in [0.1, 0.15) is 21.8 Å². The van der Waals surface area contributed by atoms with Crippen LogP contribution in [0.15, 0.2) is 6.20 Å². The predicted octanol–water partition coefficient (Wildman–Crippen LogP) is 3.17. The molecular weight excluding hydrogens is 289 g/mol. The molecule has 8 heteroatoms. The Bertz CT molecular complexity index is 600. The van der Waals surface area contributed by atoms with Gasteiger partial charge in [0.1, 0.15) is 4.88 Å². The summed E-state index contributed by atoms with van der Waals surface area (Å²) >= 11 is 0.621. The molecule has 0 saturated carbocycles. The lowest BCUT2D eigenvalue weighted by atomic mass is 10.1. The highest BCUT2D eigenvalue weighted by atomic mass is 32.1. The lowest BCUT2D eigenvalue weighted by Gasteiger charge is -2.04. The van der Waals surface area contributed by atoms with Crippen LogP contribution in [-0.2, 0) is 19.6 Å². The maximum atomic E-state index is 12.4. The van der Waals surface area contributed by atoms with Gasteiger partial charge in [-0.15, -0.1) is 0 Å². The van der Waals surface area contributed by atoms with Gasteiger partial charge in [-0.25, -0.2) is 4.98 Å². The van der Waals surface area contributed by atoms with E-state index >= 15 is 0 Å². The predicted molar refractivity (Wildman–Crippen MR) is 72.0 cm³/mol. The minimum absolute atomic E-state index is 0.288. The first-order chi connectivity index (χ1) is 9.29. The molecule has 0 spiro atoms. The highest BCUT2D eigenvalue weighted by molar-refractivity contribution is 7.15. The second-order valence-corrected chi connectivity index (χ2v) is 5.51. The average molecular weight is 304 g/mol. The molecule has 0 fully saturated rings. The molecule has 0 amide bonds. The molecule has 2 heterocycles. The van der Waals surface area contributed by atoms with Crippen LogP contribution in [0.5, 0.6) is 0 Å². The van der Waals surface area contributed by atoms with Crippen molar-refractivity contribution in [3.8, 4) is 0 Å². The van der Waals surface area contributed by atoms with Gasteiger partial charge in [0, 0.05) is 19.3 Å². The summed E-state index contributed by atoms with van der Waals surface area (Å²) in [5, 5.41) is 7.51. The summed E-state index contributed by atoms with van der Waals surface area (Å²) in [6.45, 7) is 4.42. The topological polar surface area (TPSA) is 42.7 Å². The van der Waals surface area contributed by atoms with Crippen molar-refractivity contribution < 1.29 is 13.2 Å². The summed E-state index contributed by atoms with van der Waals surface area (Å²) in [5.41, 5.74) is 3.13. The standard InChI is InChI=1S/C12H15F3N4S/c1-7-9(8(2)19(3)18-7)4-5-16-11-17-6-10(20-11)12(13,14)15/h6H,4-5H2,1-3H3,(H,16,17). The first-order valence-corrected chi connectivity index (χ1v) is 6.86. The molecule has 0 atom stereocenters. The Hall–Kier alpha value is -1.57. The number of hydrogen-bond donors (Lipinski definition) is 1. The molecule has 1 N–H and O–H groups in total. The van der Waals surface area contributed by atoms with Crippen LogP contribution < -0.4 is 5.32 Å². The summed E-state index contributed by atoms with van der Waals surface area (Å²) in [6, 6.07) is 0. The molecule has 0 aliphatic heterocycles. The minimum Gasteiger partial charge on any atom is -0.361 e. The maximum absolute atomic E-state index is 12.4. The van der Waals surface area contributed by atoms with E-state index in [9.17, 15) is 13.2 Å². The SMILES string of the molecule is Cc1nn(C)c(C)c1CCNc1ncc(C(F)(F)F)s1. The first-order valence-electron chi connectivity index (χ1n) is 6.05. The second-order valence-electron chi connectivity index (χ2n) is 4.48. The molecule has 0 unspecified atom stereocenters. The van der Waals surface area contributed by atoms with E-state index in [1.54, 1.807) is 4.68 Å². The number of aromatic nitrogens is 3. The summed E-state index contributed by atoms with van der Waals surface area (Å²) < 4.78 is 39.1. The Morgan fingerprint density at radius 1 is 1.35 bits per heavy atom. The van der Waals surface area contributed by atoms with Crippen LogP contribution in [0, 0.1) is 13.8 Å². The van der Waals surface area contributed by atoms with Crippen LogP contribution in [0.25, 0.3) is 0 Å². The van der Waals surface area contributed by atoms with Crippen LogP contribution in [0.3, 0.4) is 0 Å². The van der Waals surface area contributed by atoms with Crippen molar-refractivity contribution in [3.63, 3.8) is 0 Å². The Labute approximate surface area is 118 Å². The monoisotopic (exact) mass is 304 g/mol. The van der Waals surface area contributed by atoms with Crippen molar-refractivity contribution in [2.75, 3.05) is 11.9 Å². The third-order valence-electron chi connectivity index (χ3n) is 3.10. The lowest BCUT2D eigenvalue weighted by molar-refractivity contribution is -0.134. The van der Waals surface area contributed by atoms with Crippen molar-refractivity contribution in [3.05, 3.63) is 28.0 Å². The van der Waals surface area contributed by atoms with Gasteiger partial charge in [0.15, 0.2) is 5.13 Å². The van der Waals surface area contributed by atoms with Crippen molar-refractivity contribution in [2.24, 2.45) is 7.05 Å². The van der Waals surface area contributed by atoms with Crippen molar-refractivity contribution in [1.82, 2.24) is 14.8 Å². The van der Waals surface area contributed by atoms with Gasteiger partial charge in [-0.3, -0.25) is 4.68 Å². The molecule has 20 heavy (non-hydrogen) atoms. The third-order valence-corrected chi connectivity index (χ3v) is 4.10. The van der Waals surface area contributed by atoms with Crippen LogP contribution in [-0.4, -0.2) is 21.3 Å². The molecule has 110 valence electrons. The fraction of sp³-hybridized carbons (Fsp3) is 0.500. The van der Waals surface area contributed by atoms with E-state index in [1.165, 1.54) is 0 Å². The Balaban J connectivity index is 1.95. The van der Waals surface area contributed by atoms with E-state index in [1.807, 2.05) is 20.9 Å². The number of nitrogens with zero attached hydrogens (tertiary/aromatic N) is 3. The van der Waals surface area contributed by atoms with Crippen LogP contribution in [0.4, 0.5) is 18.3 Å². The van der Waals surface area contributed by atoms with Gasteiger partial charge in [-0.05, 0) is 25.8 Å². The molecule has 0 aliphatic rings. The second kappa shape index (κ2) is 5.43. The van der Waals surface area contributed by atoms with E-state index in [-0.39, 0.29) is 5.13 Å². The van der Waals surface area contributed by atoms with Gasteiger partial charge in [-0.2, -0.15) is 18.3 Å². The molecule has 2 aromatic rings. The van der Waals surface area contributed by atoms with Crippen molar-refractivity contribution in [2.45, 2.75) is 26.4 Å². The number of alkyl halides is 3. The Kier molecular flexibility index (Phi) is 4.03. The van der Waals surface area contributed by atoms with E-state index < -0.39 is 11.1 Å². The van der Waals surface area contributed by atoms with E-state index in [0.29, 0.717) is 24.3 Å². The van der Waals surface area contributed by atoms with Gasteiger partial charge in [0.25, 0.3) is 0 Å². The lowest BCUT2D eigenvalue weighted by Crippen LogP contribution is -2.06. The number of rotatable bonds is 4. The largest absolute Gasteiger partial charge is 0.427 e. The molecule has 4 nitrogen and oxygen atoms in total. The summed E-state index contributed by atoms with van der Waals surface area (Å²) in [5.74, 6) is 0. The van der Waals surface area contributed by atoms with Crippen molar-refractivity contribution in [1.29, 1.82) is 0 Å². The molecule has 0 saturated heterocycles. The van der Waals surface area contributed by atoms with E-state index in [2.05, 4.69) is 15.4 Å². The van der Waals surface area contributed by atoms with Gasteiger partial charge in [-0.1, -0.05) is 11.3 Å². The zero-order valence-corrected chi connectivity index (χ0v) is 12.2. The van der Waals surface area contributed by atoms with E-state index in [4.69, 9.17) is 0 Å². The molecule has 0 aromatic carbocycles. The normalized spacial score (nSPS) is 11.9. The first kappa shape index (κ1) is 14.8. The maximum Gasteiger partial charge on any atom is 0.427 e. The zero-order valence-electron chi connectivity index (χ0n) is 11.4. The number of nitrogens with one attached hydrogen (secondary N) is 1. The Morgan fingerprint density at radius 2 is 2.05 bits per heavy atom. The number of aryl methyl sites for hydroxylation is 2. The van der Waals surface area contributed by atoms with E-state index in [0.717, 1.165) is 23.1 Å². The summed E-state index contributed by atoms with van der Waals surface area (Å²) in [6.07, 6.45) is -2.77. The van der Waals surface area contributed by atoms with Gasteiger partial charge in [0.05, 0.1) is 11.9 Å². The minimum atomic E-state index is -4.33. The summed E-state index contributed by atoms with van der Waals surface area (Å²) in [7, 11) is 1.87. The molecule has 0 aliphatic carbocycles. The highest BCUT2D eigenvalue weighted by Crippen LogP contribution is 2.34. The quantitative estimate of drug-likeness (QED) is 0.943. The smallest absolute Gasteiger partial charge is 0.361 e. The zero-order chi connectivity index (χ0) is 14.9. The van der Waals surface area contributed by atoms with Crippen LogP contribution >= 0.6 is 11.3 Å². The average Bonchev–Trinajstić information content (AvgIpc) is 2.89. The van der Waals surface area contributed by atoms with Crippen molar-refractivity contribution >= 4 is 16.5 Å². The number of halogens is 3.